The Labute approximate surface area is 263 Å². The number of aromatic nitrogens is 2. The SMILES string of the molecule is c1ccc(-n2c3ccccc3c3cc(-n4c5ccccc5c5cc(-c6ccc7sc8ccccc8c7c6)ccc54)ccc32)cc1. The Morgan fingerprint density at radius 2 is 0.822 bits per heavy atom. The molecular weight excluding hydrogens is 565 g/mol. The predicted octanol–water partition coefficient (Wildman–Crippen LogP) is 11.9. The molecule has 0 bridgehead atoms. The van der Waals surface area contributed by atoms with Gasteiger partial charge in [-0.05, 0) is 83.9 Å². The van der Waals surface area contributed by atoms with E-state index in [-0.39, 0.29) is 0 Å². The summed E-state index contributed by atoms with van der Waals surface area (Å²) in [6.07, 6.45) is 0. The number of para-hydroxylation sites is 3. The summed E-state index contributed by atoms with van der Waals surface area (Å²) in [4.78, 5) is 0. The summed E-state index contributed by atoms with van der Waals surface area (Å²) in [5, 5.41) is 7.72. The lowest BCUT2D eigenvalue weighted by molar-refractivity contribution is 1.17. The van der Waals surface area contributed by atoms with Crippen molar-refractivity contribution in [1.29, 1.82) is 0 Å². The molecule has 45 heavy (non-hydrogen) atoms. The second-order valence-corrected chi connectivity index (χ2v) is 12.9. The van der Waals surface area contributed by atoms with Gasteiger partial charge in [0.05, 0.1) is 22.1 Å². The molecule has 0 aliphatic carbocycles. The third-order valence-corrected chi connectivity index (χ3v) is 10.5. The van der Waals surface area contributed by atoms with Gasteiger partial charge in [0.1, 0.15) is 0 Å². The molecule has 0 saturated carbocycles. The molecule has 0 N–H and O–H groups in total. The van der Waals surface area contributed by atoms with Crippen LogP contribution in [0.5, 0.6) is 0 Å². The first-order chi connectivity index (χ1) is 22.3. The Balaban J connectivity index is 1.19. The molecule has 0 saturated heterocycles. The molecule has 7 aromatic carbocycles. The second kappa shape index (κ2) is 9.43. The predicted molar refractivity (Wildman–Crippen MR) is 193 cm³/mol. The zero-order valence-corrected chi connectivity index (χ0v) is 25.1. The lowest BCUT2D eigenvalue weighted by Crippen LogP contribution is -1.95. The summed E-state index contributed by atoms with van der Waals surface area (Å²) in [5.74, 6) is 0. The van der Waals surface area contributed by atoms with Crippen LogP contribution in [0.15, 0.2) is 158 Å². The smallest absolute Gasteiger partial charge is 0.0542 e. The molecule has 3 heterocycles. The monoisotopic (exact) mass is 590 g/mol. The van der Waals surface area contributed by atoms with Crippen LogP contribution in [0.2, 0.25) is 0 Å². The maximum Gasteiger partial charge on any atom is 0.0542 e. The minimum Gasteiger partial charge on any atom is -0.309 e. The van der Waals surface area contributed by atoms with Gasteiger partial charge in [-0.15, -0.1) is 11.3 Å². The fraction of sp³-hybridized carbons (Fsp3) is 0. The van der Waals surface area contributed by atoms with Gasteiger partial charge in [-0.1, -0.05) is 84.9 Å². The minimum atomic E-state index is 1.17. The number of rotatable bonds is 3. The molecule has 0 radical (unpaired) electrons. The molecule has 0 spiro atoms. The van der Waals surface area contributed by atoms with Gasteiger partial charge in [0.2, 0.25) is 0 Å². The molecule has 0 fully saturated rings. The van der Waals surface area contributed by atoms with E-state index >= 15 is 0 Å². The summed E-state index contributed by atoms with van der Waals surface area (Å²) in [6.45, 7) is 0. The number of hydrogen-bond donors (Lipinski definition) is 0. The van der Waals surface area contributed by atoms with Gasteiger partial charge in [0.15, 0.2) is 0 Å². The van der Waals surface area contributed by atoms with Crippen molar-refractivity contribution in [2.45, 2.75) is 0 Å². The summed E-state index contributed by atoms with van der Waals surface area (Å²) in [5.41, 5.74) is 9.70. The zero-order valence-electron chi connectivity index (χ0n) is 24.3. The van der Waals surface area contributed by atoms with Gasteiger partial charge in [-0.3, -0.25) is 0 Å². The number of hydrogen-bond acceptors (Lipinski definition) is 1. The highest BCUT2D eigenvalue weighted by Gasteiger charge is 2.17. The highest BCUT2D eigenvalue weighted by molar-refractivity contribution is 7.25. The van der Waals surface area contributed by atoms with Crippen molar-refractivity contribution < 1.29 is 0 Å². The Hall–Kier alpha value is -5.64. The van der Waals surface area contributed by atoms with E-state index in [4.69, 9.17) is 0 Å². The third kappa shape index (κ3) is 3.62. The van der Waals surface area contributed by atoms with Crippen molar-refractivity contribution in [2.75, 3.05) is 0 Å². The van der Waals surface area contributed by atoms with Crippen LogP contribution in [0, 0.1) is 0 Å². The molecule has 0 aliphatic rings. The number of benzene rings is 7. The van der Waals surface area contributed by atoms with E-state index in [1.807, 2.05) is 11.3 Å². The maximum absolute atomic E-state index is 2.43. The topological polar surface area (TPSA) is 9.86 Å². The first kappa shape index (κ1) is 24.8. The van der Waals surface area contributed by atoms with Gasteiger partial charge < -0.3 is 9.13 Å². The number of fused-ring (bicyclic) bond motifs is 9. The molecule has 0 amide bonds. The first-order valence-corrected chi connectivity index (χ1v) is 16.2. The molecule has 10 rings (SSSR count). The lowest BCUT2D eigenvalue weighted by atomic mass is 10.0. The van der Waals surface area contributed by atoms with Crippen molar-refractivity contribution in [3.05, 3.63) is 158 Å². The van der Waals surface area contributed by atoms with Crippen molar-refractivity contribution in [1.82, 2.24) is 9.13 Å². The molecule has 0 unspecified atom stereocenters. The van der Waals surface area contributed by atoms with Gasteiger partial charge >= 0.3 is 0 Å². The second-order valence-electron chi connectivity index (χ2n) is 11.8. The normalized spacial score (nSPS) is 12.0. The van der Waals surface area contributed by atoms with E-state index in [1.54, 1.807) is 0 Å². The highest BCUT2D eigenvalue weighted by atomic mass is 32.1. The van der Waals surface area contributed by atoms with Crippen LogP contribution in [0.1, 0.15) is 0 Å². The zero-order chi connectivity index (χ0) is 29.5. The minimum absolute atomic E-state index is 1.17. The molecule has 0 atom stereocenters. The van der Waals surface area contributed by atoms with Crippen LogP contribution in [0.3, 0.4) is 0 Å². The van der Waals surface area contributed by atoms with Crippen molar-refractivity contribution in [2.24, 2.45) is 0 Å². The number of thiophene rings is 1. The van der Waals surface area contributed by atoms with Gasteiger partial charge in [0, 0.05) is 53.1 Å². The van der Waals surface area contributed by atoms with Gasteiger partial charge in [0.25, 0.3) is 0 Å². The van der Waals surface area contributed by atoms with E-state index < -0.39 is 0 Å². The van der Waals surface area contributed by atoms with E-state index in [0.29, 0.717) is 0 Å². The standard InChI is InChI=1S/C42H26N2S/c1-2-10-29(11-3-1)43-37-15-7-5-13-32(37)35-26-30(20-22-40(35)43)44-38-16-8-4-12-31(38)34-24-27(18-21-39(34)44)28-19-23-42-36(25-28)33-14-6-9-17-41(33)45-42/h1-26H. The molecule has 210 valence electrons. The fourth-order valence-corrected chi connectivity index (χ4v) is 8.38. The van der Waals surface area contributed by atoms with E-state index in [2.05, 4.69) is 167 Å². The van der Waals surface area contributed by atoms with Crippen LogP contribution < -0.4 is 0 Å². The molecule has 10 aromatic rings. The average molecular weight is 591 g/mol. The van der Waals surface area contributed by atoms with E-state index in [0.717, 1.165) is 0 Å². The average Bonchev–Trinajstić information content (AvgIpc) is 3.75. The summed E-state index contributed by atoms with van der Waals surface area (Å²) in [7, 11) is 0. The fourth-order valence-electron chi connectivity index (χ4n) is 7.29. The van der Waals surface area contributed by atoms with Crippen LogP contribution in [0.4, 0.5) is 0 Å². The van der Waals surface area contributed by atoms with Crippen molar-refractivity contribution in [3.8, 4) is 22.5 Å². The van der Waals surface area contributed by atoms with Crippen molar-refractivity contribution in [3.63, 3.8) is 0 Å². The Kier molecular flexibility index (Phi) is 5.19. The highest BCUT2D eigenvalue weighted by Crippen LogP contribution is 2.40. The van der Waals surface area contributed by atoms with Crippen LogP contribution in [-0.4, -0.2) is 9.13 Å². The Bertz CT molecular complexity index is 2760. The van der Waals surface area contributed by atoms with Crippen LogP contribution >= 0.6 is 11.3 Å². The summed E-state index contributed by atoms with van der Waals surface area (Å²) in [6, 6.07) is 57.7. The van der Waals surface area contributed by atoms with E-state index in [9.17, 15) is 0 Å². The molecule has 3 aromatic heterocycles. The first-order valence-electron chi connectivity index (χ1n) is 15.4. The third-order valence-electron chi connectivity index (χ3n) is 9.31. The molecular formula is C42H26N2S. The van der Waals surface area contributed by atoms with E-state index in [1.165, 1.54) is 86.3 Å². The quantitative estimate of drug-likeness (QED) is 0.194. The number of nitrogens with zero attached hydrogens (tertiary/aromatic N) is 2. The van der Waals surface area contributed by atoms with Crippen LogP contribution in [0.25, 0.3) is 86.3 Å². The summed E-state index contributed by atoms with van der Waals surface area (Å²) < 4.78 is 7.48. The molecule has 3 heteroatoms. The summed E-state index contributed by atoms with van der Waals surface area (Å²) >= 11 is 1.87. The Morgan fingerprint density at radius 3 is 1.58 bits per heavy atom. The van der Waals surface area contributed by atoms with Gasteiger partial charge in [-0.2, -0.15) is 0 Å². The molecule has 2 nitrogen and oxygen atoms in total. The maximum atomic E-state index is 2.43. The molecule has 0 aliphatic heterocycles. The lowest BCUT2D eigenvalue weighted by Gasteiger charge is -2.10. The van der Waals surface area contributed by atoms with Crippen molar-refractivity contribution >= 4 is 75.1 Å². The Morgan fingerprint density at radius 1 is 0.311 bits per heavy atom. The van der Waals surface area contributed by atoms with Crippen LogP contribution in [-0.2, 0) is 0 Å². The largest absolute Gasteiger partial charge is 0.309 e. The van der Waals surface area contributed by atoms with Gasteiger partial charge in [-0.25, -0.2) is 0 Å².